The summed E-state index contributed by atoms with van der Waals surface area (Å²) in [4.78, 5) is 15.5. The van der Waals surface area contributed by atoms with Crippen LogP contribution in [0.1, 0.15) is 33.8 Å². The lowest BCUT2D eigenvalue weighted by molar-refractivity contribution is 0.0717. The van der Waals surface area contributed by atoms with E-state index in [-0.39, 0.29) is 23.4 Å². The topological polar surface area (TPSA) is 29.5 Å². The maximum atomic E-state index is 14.1. The summed E-state index contributed by atoms with van der Waals surface area (Å²) in [7, 11) is 1.69. The number of hydrogen-bond acceptors (Lipinski definition) is 3. The zero-order valence-electron chi connectivity index (χ0n) is 15.5. The van der Waals surface area contributed by atoms with Crippen molar-refractivity contribution in [3.8, 4) is 0 Å². The van der Waals surface area contributed by atoms with E-state index >= 15 is 0 Å². The molecule has 1 aliphatic rings. The number of halogens is 1. The van der Waals surface area contributed by atoms with Crippen LogP contribution in [-0.4, -0.2) is 44.0 Å². The number of ketones is 1. The predicted molar refractivity (Wildman–Crippen MR) is 101 cm³/mol. The Bertz CT molecular complexity index is 747. The van der Waals surface area contributed by atoms with Crippen LogP contribution >= 0.6 is 0 Å². The molecule has 138 valence electrons. The number of methoxy groups -OCH3 is 1. The minimum Gasteiger partial charge on any atom is -0.383 e. The molecule has 2 aromatic carbocycles. The second-order valence-corrected chi connectivity index (χ2v) is 6.98. The van der Waals surface area contributed by atoms with Crippen molar-refractivity contribution in [2.75, 3.05) is 33.4 Å². The van der Waals surface area contributed by atoms with Gasteiger partial charge in [-0.3, -0.25) is 4.79 Å². The smallest absolute Gasteiger partial charge is 0.167 e. The van der Waals surface area contributed by atoms with Crippen molar-refractivity contribution in [3.63, 3.8) is 0 Å². The molecule has 0 N–H and O–H groups in total. The van der Waals surface area contributed by atoms with E-state index < -0.39 is 0 Å². The summed E-state index contributed by atoms with van der Waals surface area (Å²) in [5.41, 5.74) is 2.35. The molecule has 0 aromatic heterocycles. The second-order valence-electron chi connectivity index (χ2n) is 6.98. The molecule has 0 unspecified atom stereocenters. The predicted octanol–water partition coefficient (Wildman–Crippen LogP) is 4.07. The molecule has 0 spiro atoms. The number of rotatable bonds is 6. The SMILES string of the molecule is COCCN1CC[C@H](c2cccc(F)c2C)[C@@H](C(=O)c2ccccc2)C1. The van der Waals surface area contributed by atoms with Crippen LogP contribution in [-0.2, 0) is 4.74 Å². The average molecular weight is 355 g/mol. The maximum absolute atomic E-state index is 14.1. The Kier molecular flexibility index (Phi) is 6.17. The number of ether oxygens (including phenoxy) is 1. The molecule has 0 amide bonds. The summed E-state index contributed by atoms with van der Waals surface area (Å²) >= 11 is 0. The summed E-state index contributed by atoms with van der Waals surface area (Å²) < 4.78 is 19.3. The molecule has 0 saturated carbocycles. The third-order valence-corrected chi connectivity index (χ3v) is 5.41. The molecule has 0 aliphatic carbocycles. The van der Waals surface area contributed by atoms with Crippen LogP contribution in [0.25, 0.3) is 0 Å². The molecule has 0 bridgehead atoms. The lowest BCUT2D eigenvalue weighted by Crippen LogP contribution is -2.44. The normalized spacial score (nSPS) is 20.9. The van der Waals surface area contributed by atoms with Gasteiger partial charge in [0, 0.05) is 31.7 Å². The first-order valence-corrected chi connectivity index (χ1v) is 9.17. The van der Waals surface area contributed by atoms with Crippen molar-refractivity contribution in [1.29, 1.82) is 0 Å². The van der Waals surface area contributed by atoms with Crippen molar-refractivity contribution in [2.24, 2.45) is 5.92 Å². The van der Waals surface area contributed by atoms with Crippen LogP contribution in [0.2, 0.25) is 0 Å². The van der Waals surface area contributed by atoms with Gasteiger partial charge in [0.2, 0.25) is 0 Å². The standard InChI is InChI=1S/C22H26FNO2/c1-16-18(9-6-10-21(16)23)19-11-12-24(13-14-26-2)15-20(19)22(25)17-7-4-3-5-8-17/h3-10,19-20H,11-15H2,1-2H3/t19-,20+/m1/s1. The molecule has 1 aliphatic heterocycles. The molecule has 1 heterocycles. The van der Waals surface area contributed by atoms with Crippen LogP contribution in [0.3, 0.4) is 0 Å². The molecule has 4 heteroatoms. The number of carbonyl (C=O) groups excluding carboxylic acids is 1. The first kappa shape index (κ1) is 18.7. The monoisotopic (exact) mass is 355 g/mol. The minimum absolute atomic E-state index is 0.0391. The van der Waals surface area contributed by atoms with Gasteiger partial charge >= 0.3 is 0 Å². The largest absolute Gasteiger partial charge is 0.383 e. The van der Waals surface area contributed by atoms with Gasteiger partial charge in [0.25, 0.3) is 0 Å². The average Bonchev–Trinajstić information content (AvgIpc) is 2.68. The van der Waals surface area contributed by atoms with Crippen molar-refractivity contribution in [2.45, 2.75) is 19.3 Å². The van der Waals surface area contributed by atoms with Gasteiger partial charge in [-0.2, -0.15) is 0 Å². The van der Waals surface area contributed by atoms with Gasteiger partial charge in [-0.05, 0) is 43.0 Å². The third kappa shape index (κ3) is 4.02. The first-order valence-electron chi connectivity index (χ1n) is 9.17. The Labute approximate surface area is 154 Å². The van der Waals surface area contributed by atoms with Crippen molar-refractivity contribution in [3.05, 3.63) is 71.0 Å². The van der Waals surface area contributed by atoms with Gasteiger partial charge in [-0.15, -0.1) is 0 Å². The van der Waals surface area contributed by atoms with E-state index in [0.717, 1.165) is 30.6 Å². The number of carbonyl (C=O) groups is 1. The fourth-order valence-electron chi connectivity index (χ4n) is 3.92. The zero-order valence-corrected chi connectivity index (χ0v) is 15.5. The van der Waals surface area contributed by atoms with E-state index in [4.69, 9.17) is 4.74 Å². The fraction of sp³-hybridized carbons (Fsp3) is 0.409. The van der Waals surface area contributed by atoms with Crippen molar-refractivity contribution in [1.82, 2.24) is 4.90 Å². The van der Waals surface area contributed by atoms with E-state index in [1.165, 1.54) is 6.07 Å². The Morgan fingerprint density at radius 3 is 2.69 bits per heavy atom. The first-order chi connectivity index (χ1) is 12.6. The summed E-state index contributed by atoms with van der Waals surface area (Å²) in [5.74, 6) is -0.197. The number of likely N-dealkylation sites (tertiary alicyclic amines) is 1. The van der Waals surface area contributed by atoms with Crippen LogP contribution in [0.4, 0.5) is 4.39 Å². The van der Waals surface area contributed by atoms with Crippen molar-refractivity contribution >= 4 is 5.78 Å². The lowest BCUT2D eigenvalue weighted by atomic mass is 9.75. The number of hydrogen-bond donors (Lipinski definition) is 0. The van der Waals surface area contributed by atoms with E-state index in [1.807, 2.05) is 43.3 Å². The van der Waals surface area contributed by atoms with E-state index in [0.29, 0.717) is 18.7 Å². The maximum Gasteiger partial charge on any atom is 0.167 e. The number of nitrogens with zero attached hydrogens (tertiary/aromatic N) is 1. The summed E-state index contributed by atoms with van der Waals surface area (Å²) in [5, 5.41) is 0. The van der Waals surface area contributed by atoms with Gasteiger partial charge in [0.1, 0.15) is 5.82 Å². The number of piperidine rings is 1. The molecule has 26 heavy (non-hydrogen) atoms. The molecule has 1 fully saturated rings. The van der Waals surface area contributed by atoms with Gasteiger partial charge in [-0.25, -0.2) is 4.39 Å². The Morgan fingerprint density at radius 2 is 1.96 bits per heavy atom. The molecular formula is C22H26FNO2. The summed E-state index contributed by atoms with van der Waals surface area (Å²) in [6.07, 6.45) is 0.844. The van der Waals surface area contributed by atoms with Crippen LogP contribution < -0.4 is 0 Å². The molecule has 3 nitrogen and oxygen atoms in total. The Morgan fingerprint density at radius 1 is 1.19 bits per heavy atom. The van der Waals surface area contributed by atoms with E-state index in [2.05, 4.69) is 4.90 Å². The zero-order chi connectivity index (χ0) is 18.5. The van der Waals surface area contributed by atoms with E-state index in [1.54, 1.807) is 13.2 Å². The minimum atomic E-state index is -0.199. The Balaban J connectivity index is 1.91. The molecular weight excluding hydrogens is 329 g/mol. The van der Waals surface area contributed by atoms with Gasteiger partial charge in [0.05, 0.1) is 6.61 Å². The van der Waals surface area contributed by atoms with Crippen molar-refractivity contribution < 1.29 is 13.9 Å². The van der Waals surface area contributed by atoms with Gasteiger partial charge in [0.15, 0.2) is 5.78 Å². The van der Waals surface area contributed by atoms with Gasteiger partial charge in [-0.1, -0.05) is 42.5 Å². The molecule has 3 rings (SSSR count). The quantitative estimate of drug-likeness (QED) is 0.732. The summed E-state index contributed by atoms with van der Waals surface area (Å²) in [6, 6.07) is 14.6. The van der Waals surface area contributed by atoms with Crippen LogP contribution in [0.15, 0.2) is 48.5 Å². The molecule has 1 saturated heterocycles. The van der Waals surface area contributed by atoms with Gasteiger partial charge < -0.3 is 9.64 Å². The molecule has 0 radical (unpaired) electrons. The number of benzene rings is 2. The number of Topliss-reactive ketones (excluding diaryl/α,β-unsaturated/α-hetero) is 1. The highest BCUT2D eigenvalue weighted by atomic mass is 19.1. The summed E-state index contributed by atoms with van der Waals surface area (Å²) in [6.45, 7) is 4.84. The highest BCUT2D eigenvalue weighted by molar-refractivity contribution is 5.98. The van der Waals surface area contributed by atoms with Crippen LogP contribution in [0.5, 0.6) is 0 Å². The van der Waals surface area contributed by atoms with E-state index in [9.17, 15) is 9.18 Å². The fourth-order valence-corrected chi connectivity index (χ4v) is 3.92. The second kappa shape index (κ2) is 8.56. The highest BCUT2D eigenvalue weighted by Gasteiger charge is 2.36. The third-order valence-electron chi connectivity index (χ3n) is 5.41. The highest BCUT2D eigenvalue weighted by Crippen LogP contribution is 2.37. The molecule has 2 atom stereocenters. The molecule has 2 aromatic rings. The lowest BCUT2D eigenvalue weighted by Gasteiger charge is -2.38. The Hall–Kier alpha value is -2.04. The van der Waals surface area contributed by atoms with Crippen LogP contribution in [0, 0.1) is 18.7 Å².